The lowest BCUT2D eigenvalue weighted by atomic mass is 10.2. The van der Waals surface area contributed by atoms with Gasteiger partial charge in [-0.25, -0.2) is 0 Å². The van der Waals surface area contributed by atoms with Crippen LogP contribution in [0.15, 0.2) is 0 Å². The van der Waals surface area contributed by atoms with Gasteiger partial charge >= 0.3 is 5.97 Å². The minimum atomic E-state index is -1.20. The minimum Gasteiger partial charge on any atom is -1.00 e. The smallest absolute Gasteiger partial charge is 0.308 e. The van der Waals surface area contributed by atoms with Crippen LogP contribution in [0.2, 0.25) is 0 Å². The molecular formula is C11H21ClNO4-. The summed E-state index contributed by atoms with van der Waals surface area (Å²) in [4.78, 5) is 21.9. The van der Waals surface area contributed by atoms with Crippen LogP contribution in [0.25, 0.3) is 0 Å². The zero-order valence-electron chi connectivity index (χ0n) is 11.0. The fourth-order valence-electron chi connectivity index (χ4n) is 1.24. The molecule has 0 aliphatic heterocycles. The molecule has 0 rings (SSSR count). The lowest BCUT2D eigenvalue weighted by molar-refractivity contribution is -0.873. The Bertz CT molecular complexity index is 261. The van der Waals surface area contributed by atoms with Crippen LogP contribution in [0, 0.1) is 5.92 Å². The van der Waals surface area contributed by atoms with Crippen LogP contribution in [0.1, 0.15) is 20.3 Å². The van der Waals surface area contributed by atoms with Crippen LogP contribution in [0.3, 0.4) is 0 Å². The van der Waals surface area contributed by atoms with Crippen molar-refractivity contribution in [3.8, 4) is 0 Å². The first-order chi connectivity index (χ1) is 7.11. The summed E-state index contributed by atoms with van der Waals surface area (Å²) in [6.07, 6.45) is -0.881. The van der Waals surface area contributed by atoms with E-state index in [9.17, 15) is 14.7 Å². The van der Waals surface area contributed by atoms with E-state index in [1.807, 2.05) is 21.1 Å². The Morgan fingerprint density at radius 3 is 2.00 bits per heavy atom. The molecule has 0 aromatic carbocycles. The van der Waals surface area contributed by atoms with Gasteiger partial charge in [-0.15, -0.1) is 0 Å². The number of esters is 1. The molecule has 0 bridgehead atoms. The normalized spacial score (nSPS) is 12.8. The van der Waals surface area contributed by atoms with Crippen molar-refractivity contribution in [1.29, 1.82) is 0 Å². The van der Waals surface area contributed by atoms with Crippen molar-refractivity contribution in [3.05, 3.63) is 0 Å². The number of rotatable bonds is 6. The molecular weight excluding hydrogens is 246 g/mol. The number of carbonyl (C=O) groups excluding carboxylic acids is 2. The largest absolute Gasteiger partial charge is 1.00 e. The number of carboxylic acid groups (broad SMARTS) is 1. The summed E-state index contributed by atoms with van der Waals surface area (Å²) < 4.78 is 5.65. The number of aliphatic carboxylic acids is 1. The second-order valence-corrected chi connectivity index (χ2v) is 5.26. The average molecular weight is 267 g/mol. The van der Waals surface area contributed by atoms with Gasteiger partial charge in [-0.3, -0.25) is 4.79 Å². The summed E-state index contributed by atoms with van der Waals surface area (Å²) in [6.45, 7) is 3.88. The van der Waals surface area contributed by atoms with Gasteiger partial charge in [0.25, 0.3) is 0 Å². The molecule has 0 saturated carbocycles. The van der Waals surface area contributed by atoms with E-state index in [2.05, 4.69) is 0 Å². The molecule has 0 aromatic heterocycles. The third kappa shape index (κ3) is 10.1. The topological polar surface area (TPSA) is 66.4 Å². The summed E-state index contributed by atoms with van der Waals surface area (Å²) in [5.41, 5.74) is 0. The number of ether oxygens (including phenoxy) is 1. The van der Waals surface area contributed by atoms with E-state index < -0.39 is 12.1 Å². The molecule has 0 spiro atoms. The summed E-state index contributed by atoms with van der Waals surface area (Å²) >= 11 is 0. The Kier molecular flexibility index (Phi) is 8.19. The number of hydrogen-bond acceptors (Lipinski definition) is 4. The van der Waals surface area contributed by atoms with Crippen LogP contribution in [0.5, 0.6) is 0 Å². The van der Waals surface area contributed by atoms with Crippen molar-refractivity contribution in [1.82, 2.24) is 0 Å². The van der Waals surface area contributed by atoms with Gasteiger partial charge in [0.15, 0.2) is 6.10 Å². The number of quaternary nitrogens is 1. The van der Waals surface area contributed by atoms with Crippen LogP contribution in [0.4, 0.5) is 0 Å². The highest BCUT2D eigenvalue weighted by Crippen LogP contribution is 2.07. The first kappa shape index (κ1) is 18.6. The van der Waals surface area contributed by atoms with Gasteiger partial charge < -0.3 is 31.5 Å². The van der Waals surface area contributed by atoms with E-state index in [0.717, 1.165) is 0 Å². The third-order valence-electron chi connectivity index (χ3n) is 1.90. The van der Waals surface area contributed by atoms with E-state index in [-0.39, 0.29) is 30.7 Å². The van der Waals surface area contributed by atoms with E-state index in [0.29, 0.717) is 11.0 Å². The molecule has 0 N–H and O–H groups in total. The first-order valence-corrected chi connectivity index (χ1v) is 5.32. The second-order valence-electron chi connectivity index (χ2n) is 5.26. The van der Waals surface area contributed by atoms with Crippen LogP contribution in [-0.4, -0.2) is 50.2 Å². The quantitative estimate of drug-likeness (QED) is 0.368. The standard InChI is InChI=1S/C11H21NO4.ClH/c1-8(2)11(15)16-9(6-10(13)14)7-12(3,4)5;/h8-9H,6-7H2,1-5H3;1H/p-1/t9-;/m1./s1. The summed E-state index contributed by atoms with van der Waals surface area (Å²) in [6, 6.07) is 0. The predicted octanol–water partition coefficient (Wildman–Crippen LogP) is -3.60. The Hall–Kier alpha value is -0.810. The van der Waals surface area contributed by atoms with Gasteiger partial charge in [0.1, 0.15) is 6.54 Å². The summed E-state index contributed by atoms with van der Waals surface area (Å²) in [5, 5.41) is 10.5. The zero-order chi connectivity index (χ0) is 12.9. The minimum absolute atomic E-state index is 0. The lowest BCUT2D eigenvalue weighted by Crippen LogP contribution is -3.00. The lowest BCUT2D eigenvalue weighted by Gasteiger charge is -2.29. The van der Waals surface area contributed by atoms with Crippen molar-refractivity contribution in [3.63, 3.8) is 0 Å². The Balaban J connectivity index is 0. The molecule has 17 heavy (non-hydrogen) atoms. The zero-order valence-corrected chi connectivity index (χ0v) is 11.8. The molecule has 0 unspecified atom stereocenters. The van der Waals surface area contributed by atoms with Crippen molar-refractivity contribution in [2.24, 2.45) is 5.92 Å². The van der Waals surface area contributed by atoms with E-state index >= 15 is 0 Å². The molecule has 0 radical (unpaired) electrons. The maximum Gasteiger partial charge on any atom is 0.308 e. The van der Waals surface area contributed by atoms with Gasteiger partial charge in [0, 0.05) is 12.4 Å². The second kappa shape index (κ2) is 7.50. The van der Waals surface area contributed by atoms with Crippen molar-refractivity contribution >= 4 is 11.9 Å². The molecule has 0 fully saturated rings. The van der Waals surface area contributed by atoms with Gasteiger partial charge in [-0.1, -0.05) is 13.8 Å². The highest BCUT2D eigenvalue weighted by Gasteiger charge is 2.23. The van der Waals surface area contributed by atoms with Gasteiger partial charge in [0.2, 0.25) is 0 Å². The molecule has 6 heteroatoms. The Labute approximate surface area is 109 Å². The first-order valence-electron chi connectivity index (χ1n) is 5.32. The Morgan fingerprint density at radius 2 is 1.71 bits per heavy atom. The number of carbonyl (C=O) groups is 2. The maximum atomic E-state index is 11.4. The molecule has 0 aliphatic carbocycles. The number of hydrogen-bond donors (Lipinski definition) is 0. The molecule has 5 nitrogen and oxygen atoms in total. The van der Waals surface area contributed by atoms with Crippen LogP contribution < -0.4 is 17.5 Å². The highest BCUT2D eigenvalue weighted by molar-refractivity contribution is 5.72. The van der Waals surface area contributed by atoms with Gasteiger partial charge in [-0.2, -0.15) is 0 Å². The molecule has 102 valence electrons. The monoisotopic (exact) mass is 266 g/mol. The van der Waals surface area contributed by atoms with Crippen LogP contribution in [-0.2, 0) is 14.3 Å². The number of halogens is 1. The number of nitrogens with zero attached hydrogens (tertiary/aromatic N) is 1. The van der Waals surface area contributed by atoms with E-state index in [1.165, 1.54) is 0 Å². The molecule has 0 aliphatic rings. The fourth-order valence-corrected chi connectivity index (χ4v) is 1.24. The Morgan fingerprint density at radius 1 is 1.24 bits per heavy atom. The highest BCUT2D eigenvalue weighted by atomic mass is 35.5. The van der Waals surface area contributed by atoms with Crippen LogP contribution >= 0.6 is 0 Å². The maximum absolute atomic E-state index is 11.4. The average Bonchev–Trinajstić information content (AvgIpc) is 1.98. The third-order valence-corrected chi connectivity index (χ3v) is 1.90. The van der Waals surface area contributed by atoms with Crippen molar-refractivity contribution in [2.75, 3.05) is 27.7 Å². The number of carboxylic acids is 1. The summed E-state index contributed by atoms with van der Waals surface area (Å²) in [5.74, 6) is -1.83. The van der Waals surface area contributed by atoms with E-state index in [1.54, 1.807) is 13.8 Å². The molecule has 0 aromatic rings. The molecule has 0 heterocycles. The SMILES string of the molecule is CC(C)C(=O)O[C@H](CC(=O)[O-])C[N+](C)(C)C.[Cl-]. The van der Waals surface area contributed by atoms with Gasteiger partial charge in [-0.05, 0) is 0 Å². The molecule has 0 amide bonds. The summed E-state index contributed by atoms with van der Waals surface area (Å²) in [7, 11) is 5.72. The van der Waals surface area contributed by atoms with Crippen molar-refractivity contribution in [2.45, 2.75) is 26.4 Å². The van der Waals surface area contributed by atoms with Gasteiger partial charge in [0.05, 0.1) is 27.1 Å². The fraction of sp³-hybridized carbons (Fsp3) is 0.818. The number of likely N-dealkylation sites (N-methyl/N-ethyl adjacent to an activating group) is 1. The molecule has 1 atom stereocenters. The van der Waals surface area contributed by atoms with E-state index in [4.69, 9.17) is 4.74 Å². The molecule has 0 saturated heterocycles. The van der Waals surface area contributed by atoms with Crippen molar-refractivity contribution < 1.29 is 36.3 Å². The predicted molar refractivity (Wildman–Crippen MR) is 57.2 cm³/mol.